The van der Waals surface area contributed by atoms with Gasteiger partial charge < -0.3 is 4.74 Å². The minimum atomic E-state index is -0.618. The van der Waals surface area contributed by atoms with Gasteiger partial charge >= 0.3 is 5.97 Å². The predicted octanol–water partition coefficient (Wildman–Crippen LogP) is 4.16. The Morgan fingerprint density at radius 2 is 1.81 bits per heavy atom. The Bertz CT molecular complexity index is 943. The van der Waals surface area contributed by atoms with Crippen molar-refractivity contribution in [1.82, 2.24) is 4.98 Å². The molecule has 0 spiro atoms. The molecule has 0 fully saturated rings. The highest BCUT2D eigenvalue weighted by Crippen LogP contribution is 2.26. The standard InChI is InChI=1S/C20H17FN2O3S/c1-2-26-18(24)12-23(17-11-7-6-10-15(17)21)20(25)16-13-27-19(22-16)14-8-4-3-5-9-14/h3-11,13H,2,12H2,1H3. The molecule has 3 rings (SSSR count). The molecular weight excluding hydrogens is 367 g/mol. The van der Waals surface area contributed by atoms with Gasteiger partial charge in [0.1, 0.15) is 23.1 Å². The Morgan fingerprint density at radius 3 is 2.52 bits per heavy atom. The Kier molecular flexibility index (Phi) is 5.93. The Hall–Kier alpha value is -3.06. The van der Waals surface area contributed by atoms with Crippen LogP contribution in [0.2, 0.25) is 0 Å². The zero-order chi connectivity index (χ0) is 19.2. The fourth-order valence-electron chi connectivity index (χ4n) is 2.50. The van der Waals surface area contributed by atoms with Crippen LogP contribution in [0.1, 0.15) is 17.4 Å². The molecule has 0 unspecified atom stereocenters. The molecule has 0 aliphatic heterocycles. The highest BCUT2D eigenvalue weighted by atomic mass is 32.1. The summed E-state index contributed by atoms with van der Waals surface area (Å²) >= 11 is 1.31. The van der Waals surface area contributed by atoms with Crippen LogP contribution in [0.25, 0.3) is 10.6 Å². The maximum atomic E-state index is 14.3. The van der Waals surface area contributed by atoms with Crippen molar-refractivity contribution < 1.29 is 18.7 Å². The maximum absolute atomic E-state index is 14.3. The zero-order valence-corrected chi connectivity index (χ0v) is 15.4. The molecule has 0 bridgehead atoms. The van der Waals surface area contributed by atoms with Crippen LogP contribution in [0.3, 0.4) is 0 Å². The number of rotatable bonds is 6. The van der Waals surface area contributed by atoms with E-state index in [0.717, 1.165) is 10.5 Å². The van der Waals surface area contributed by atoms with Gasteiger partial charge in [0.2, 0.25) is 0 Å². The molecule has 0 N–H and O–H groups in total. The third-order valence-electron chi connectivity index (χ3n) is 3.72. The third-order valence-corrected chi connectivity index (χ3v) is 4.62. The van der Waals surface area contributed by atoms with Gasteiger partial charge in [0.25, 0.3) is 5.91 Å². The molecule has 138 valence electrons. The number of hydrogen-bond acceptors (Lipinski definition) is 5. The molecule has 0 aliphatic carbocycles. The number of para-hydroxylation sites is 1. The molecule has 5 nitrogen and oxygen atoms in total. The molecule has 7 heteroatoms. The Morgan fingerprint density at radius 1 is 1.11 bits per heavy atom. The molecule has 0 saturated heterocycles. The van der Waals surface area contributed by atoms with E-state index < -0.39 is 24.2 Å². The van der Waals surface area contributed by atoms with Crippen molar-refractivity contribution in [3.8, 4) is 10.6 Å². The quantitative estimate of drug-likeness (QED) is 0.599. The van der Waals surface area contributed by atoms with Crippen molar-refractivity contribution in [3.63, 3.8) is 0 Å². The number of carbonyl (C=O) groups excluding carboxylic acids is 2. The first-order chi connectivity index (χ1) is 13.1. The van der Waals surface area contributed by atoms with E-state index in [1.54, 1.807) is 18.4 Å². The SMILES string of the molecule is CCOC(=O)CN(C(=O)c1csc(-c2ccccc2)n1)c1ccccc1F. The van der Waals surface area contributed by atoms with Gasteiger partial charge in [-0.25, -0.2) is 9.37 Å². The van der Waals surface area contributed by atoms with Gasteiger partial charge in [-0.3, -0.25) is 14.5 Å². The minimum absolute atomic E-state index is 0.00446. The van der Waals surface area contributed by atoms with E-state index in [-0.39, 0.29) is 18.0 Å². The molecule has 0 atom stereocenters. The molecule has 0 saturated carbocycles. The fourth-order valence-corrected chi connectivity index (χ4v) is 3.30. The lowest BCUT2D eigenvalue weighted by atomic mass is 10.2. The van der Waals surface area contributed by atoms with E-state index in [1.807, 2.05) is 30.3 Å². The first kappa shape index (κ1) is 18.7. The smallest absolute Gasteiger partial charge is 0.326 e. The summed E-state index contributed by atoms with van der Waals surface area (Å²) in [7, 11) is 0. The second-order valence-corrected chi connectivity index (χ2v) is 6.41. The van der Waals surface area contributed by atoms with Gasteiger partial charge in [0.15, 0.2) is 0 Å². The van der Waals surface area contributed by atoms with Crippen LogP contribution in [0, 0.1) is 5.82 Å². The van der Waals surface area contributed by atoms with Gasteiger partial charge in [-0.1, -0.05) is 42.5 Å². The van der Waals surface area contributed by atoms with Gasteiger partial charge in [-0.15, -0.1) is 11.3 Å². The molecular formula is C20H17FN2O3S. The van der Waals surface area contributed by atoms with Crippen molar-refractivity contribution >= 4 is 28.9 Å². The molecule has 1 aromatic heterocycles. The second-order valence-electron chi connectivity index (χ2n) is 5.55. The summed E-state index contributed by atoms with van der Waals surface area (Å²) in [5.41, 5.74) is 1.03. The molecule has 0 aliphatic rings. The van der Waals surface area contributed by atoms with Crippen LogP contribution in [0.5, 0.6) is 0 Å². The number of ether oxygens (including phenoxy) is 1. The molecule has 27 heavy (non-hydrogen) atoms. The summed E-state index contributed by atoms with van der Waals surface area (Å²) in [5, 5.41) is 2.27. The zero-order valence-electron chi connectivity index (χ0n) is 14.6. The van der Waals surface area contributed by atoms with Gasteiger partial charge in [0.05, 0.1) is 12.3 Å². The van der Waals surface area contributed by atoms with E-state index in [4.69, 9.17) is 4.74 Å². The highest BCUT2D eigenvalue weighted by Gasteiger charge is 2.25. The summed E-state index contributed by atoms with van der Waals surface area (Å²) in [6.45, 7) is 1.44. The third kappa shape index (κ3) is 4.38. The average molecular weight is 384 g/mol. The van der Waals surface area contributed by atoms with Gasteiger partial charge in [-0.2, -0.15) is 0 Å². The second kappa shape index (κ2) is 8.55. The van der Waals surface area contributed by atoms with E-state index in [9.17, 15) is 14.0 Å². The number of nitrogens with zero attached hydrogens (tertiary/aromatic N) is 2. The van der Waals surface area contributed by atoms with Crippen LogP contribution >= 0.6 is 11.3 Å². The number of esters is 1. The topological polar surface area (TPSA) is 59.5 Å². The average Bonchev–Trinajstić information content (AvgIpc) is 3.17. The van der Waals surface area contributed by atoms with Crippen LogP contribution in [-0.2, 0) is 9.53 Å². The van der Waals surface area contributed by atoms with Crippen LogP contribution in [-0.4, -0.2) is 30.0 Å². The number of benzene rings is 2. The van der Waals surface area contributed by atoms with E-state index in [2.05, 4.69) is 4.98 Å². The van der Waals surface area contributed by atoms with Crippen molar-refractivity contribution in [2.24, 2.45) is 0 Å². The first-order valence-corrected chi connectivity index (χ1v) is 9.21. The molecule has 1 heterocycles. The fraction of sp³-hybridized carbons (Fsp3) is 0.150. The van der Waals surface area contributed by atoms with Crippen molar-refractivity contribution in [2.75, 3.05) is 18.1 Å². The summed E-state index contributed by atoms with van der Waals surface area (Å²) in [6, 6.07) is 15.2. The van der Waals surface area contributed by atoms with Gasteiger partial charge in [0, 0.05) is 10.9 Å². The van der Waals surface area contributed by atoms with Crippen molar-refractivity contribution in [2.45, 2.75) is 6.92 Å². The number of carbonyl (C=O) groups is 2. The summed E-state index contributed by atoms with van der Waals surface area (Å²) in [4.78, 5) is 30.3. The largest absolute Gasteiger partial charge is 0.465 e. The van der Waals surface area contributed by atoms with Gasteiger partial charge in [-0.05, 0) is 19.1 Å². The van der Waals surface area contributed by atoms with Crippen LogP contribution in [0.4, 0.5) is 10.1 Å². The molecule has 3 aromatic rings. The summed E-state index contributed by atoms with van der Waals surface area (Å²) < 4.78 is 19.2. The minimum Gasteiger partial charge on any atom is -0.465 e. The van der Waals surface area contributed by atoms with Crippen molar-refractivity contribution in [1.29, 1.82) is 0 Å². The van der Waals surface area contributed by atoms with Crippen molar-refractivity contribution in [3.05, 3.63) is 71.5 Å². The summed E-state index contributed by atoms with van der Waals surface area (Å²) in [6.07, 6.45) is 0. The number of hydrogen-bond donors (Lipinski definition) is 0. The lowest BCUT2D eigenvalue weighted by Crippen LogP contribution is -2.37. The Balaban J connectivity index is 1.92. The maximum Gasteiger partial charge on any atom is 0.326 e. The first-order valence-electron chi connectivity index (χ1n) is 8.33. The highest BCUT2D eigenvalue weighted by molar-refractivity contribution is 7.13. The lowest BCUT2D eigenvalue weighted by Gasteiger charge is -2.21. The van der Waals surface area contributed by atoms with Crippen LogP contribution < -0.4 is 4.90 Å². The number of halogens is 1. The number of anilines is 1. The molecule has 0 radical (unpaired) electrons. The van der Waals surface area contributed by atoms with E-state index in [0.29, 0.717) is 5.01 Å². The van der Waals surface area contributed by atoms with E-state index >= 15 is 0 Å². The Labute approximate surface area is 160 Å². The lowest BCUT2D eigenvalue weighted by molar-refractivity contribution is -0.141. The normalized spacial score (nSPS) is 10.4. The van der Waals surface area contributed by atoms with E-state index in [1.165, 1.54) is 29.5 Å². The summed E-state index contributed by atoms with van der Waals surface area (Å²) in [5.74, 6) is -1.78. The number of aromatic nitrogens is 1. The number of thiazole rings is 1. The molecule has 2 aromatic carbocycles. The molecule has 1 amide bonds. The number of amides is 1. The predicted molar refractivity (Wildman–Crippen MR) is 102 cm³/mol. The van der Waals surface area contributed by atoms with Crippen LogP contribution in [0.15, 0.2) is 60.0 Å². The monoisotopic (exact) mass is 384 g/mol.